The highest BCUT2D eigenvalue weighted by molar-refractivity contribution is 6.21. The van der Waals surface area contributed by atoms with Crippen molar-refractivity contribution in [2.75, 3.05) is 6.54 Å². The summed E-state index contributed by atoms with van der Waals surface area (Å²) in [7, 11) is 0. The van der Waals surface area contributed by atoms with Gasteiger partial charge in [0.1, 0.15) is 0 Å². The van der Waals surface area contributed by atoms with E-state index in [1.807, 2.05) is 0 Å². The number of hydrogen-bond acceptors (Lipinski definition) is 2. The van der Waals surface area contributed by atoms with Gasteiger partial charge in [0.2, 0.25) is 0 Å². The van der Waals surface area contributed by atoms with Gasteiger partial charge in [0.15, 0.2) is 0 Å². The Morgan fingerprint density at radius 2 is 1.46 bits per heavy atom. The molecular weight excluding hydrogens is 298 g/mol. The van der Waals surface area contributed by atoms with Crippen LogP contribution >= 0.6 is 0 Å². The van der Waals surface area contributed by atoms with Crippen LogP contribution in [0.5, 0.6) is 0 Å². The van der Waals surface area contributed by atoms with Gasteiger partial charge in [-0.3, -0.25) is 14.5 Å². The molecule has 0 spiro atoms. The number of carbonyl (C=O) groups is 2. The van der Waals surface area contributed by atoms with Crippen LogP contribution in [0.2, 0.25) is 0 Å². The highest BCUT2D eigenvalue weighted by Gasteiger charge is 2.56. The molecule has 1 aliphatic heterocycles. The Bertz CT molecular complexity index is 563. The van der Waals surface area contributed by atoms with Crippen LogP contribution in [0.25, 0.3) is 0 Å². The predicted molar refractivity (Wildman–Crippen MR) is 98.3 cm³/mol. The second-order valence-corrected chi connectivity index (χ2v) is 7.48. The highest BCUT2D eigenvalue weighted by atomic mass is 16.2. The third-order valence-electron chi connectivity index (χ3n) is 6.84. The summed E-state index contributed by atoms with van der Waals surface area (Å²) >= 11 is 0. The van der Waals surface area contributed by atoms with Crippen molar-refractivity contribution in [1.29, 1.82) is 0 Å². The Labute approximate surface area is 146 Å². The van der Waals surface area contributed by atoms with Crippen molar-refractivity contribution >= 4 is 11.8 Å². The molecule has 3 nitrogen and oxygen atoms in total. The van der Waals surface area contributed by atoms with Gasteiger partial charge in [0.25, 0.3) is 11.8 Å². The molecule has 2 aliphatic rings. The van der Waals surface area contributed by atoms with E-state index >= 15 is 0 Å². The first kappa shape index (κ1) is 18.7. The summed E-state index contributed by atoms with van der Waals surface area (Å²) in [6.45, 7) is 16.9. The molecule has 24 heavy (non-hydrogen) atoms. The van der Waals surface area contributed by atoms with Crippen LogP contribution in [0.4, 0.5) is 0 Å². The number of rotatable bonds is 9. The Kier molecular flexibility index (Phi) is 5.22. The first-order chi connectivity index (χ1) is 11.4. The fourth-order valence-electron chi connectivity index (χ4n) is 4.66. The second-order valence-electron chi connectivity index (χ2n) is 7.48. The van der Waals surface area contributed by atoms with Crippen LogP contribution in [0, 0.1) is 16.7 Å². The van der Waals surface area contributed by atoms with Crippen LogP contribution in [0.3, 0.4) is 0 Å². The van der Waals surface area contributed by atoms with E-state index in [4.69, 9.17) is 0 Å². The molecule has 1 saturated carbocycles. The fraction of sp³-hybridized carbons (Fsp3) is 0.619. The van der Waals surface area contributed by atoms with Crippen LogP contribution in [0.15, 0.2) is 36.5 Å². The number of imide groups is 1. The summed E-state index contributed by atoms with van der Waals surface area (Å²) in [5, 5.41) is 0. The maximum absolute atomic E-state index is 12.8. The molecule has 0 saturated heterocycles. The molecule has 0 aromatic rings. The van der Waals surface area contributed by atoms with E-state index in [1.165, 1.54) is 29.9 Å². The Balaban J connectivity index is 2.42. The molecule has 1 heterocycles. The number of amides is 2. The quantitative estimate of drug-likeness (QED) is 0.577. The highest BCUT2D eigenvalue weighted by Crippen LogP contribution is 2.60. The maximum Gasteiger partial charge on any atom is 0.261 e. The largest absolute Gasteiger partial charge is 0.274 e. The lowest BCUT2D eigenvalue weighted by Crippen LogP contribution is -2.51. The Morgan fingerprint density at radius 1 is 1.00 bits per heavy atom. The molecule has 0 N–H and O–H groups in total. The third-order valence-corrected chi connectivity index (χ3v) is 6.84. The zero-order valence-corrected chi connectivity index (χ0v) is 15.7. The molecule has 1 unspecified atom stereocenters. The minimum Gasteiger partial charge on any atom is -0.274 e. The van der Waals surface area contributed by atoms with Crippen LogP contribution in [-0.4, -0.2) is 23.3 Å². The van der Waals surface area contributed by atoms with Gasteiger partial charge in [0, 0.05) is 6.54 Å². The van der Waals surface area contributed by atoms with Crippen molar-refractivity contribution in [2.24, 2.45) is 16.7 Å². The Morgan fingerprint density at radius 3 is 1.75 bits per heavy atom. The van der Waals surface area contributed by atoms with Crippen molar-refractivity contribution < 1.29 is 9.59 Å². The minimum atomic E-state index is -0.210. The molecule has 0 radical (unpaired) electrons. The van der Waals surface area contributed by atoms with E-state index in [-0.39, 0.29) is 22.6 Å². The molecule has 0 bridgehead atoms. The zero-order valence-electron chi connectivity index (χ0n) is 15.7. The number of carbonyl (C=O) groups excluding carboxylic acids is 2. The van der Waals surface area contributed by atoms with E-state index in [2.05, 4.69) is 40.9 Å². The van der Waals surface area contributed by atoms with Gasteiger partial charge in [-0.15, -0.1) is 0 Å². The molecule has 1 atom stereocenters. The third kappa shape index (κ3) is 2.58. The van der Waals surface area contributed by atoms with Gasteiger partial charge in [-0.2, -0.15) is 0 Å². The first-order valence-electron chi connectivity index (χ1n) is 9.21. The van der Waals surface area contributed by atoms with Gasteiger partial charge < -0.3 is 0 Å². The molecule has 132 valence electrons. The summed E-state index contributed by atoms with van der Waals surface area (Å²) in [5.41, 5.74) is 0.899. The van der Waals surface area contributed by atoms with E-state index in [9.17, 15) is 9.59 Å². The average molecular weight is 329 g/mol. The standard InChI is InChI=1S/C21H31NO2/c1-7-16-17(8-2)19(24)22(18(16)23)14-21(11-5,15-12-13-15)20(6,9-3)10-4/h7-8,15H,1-2,9-14H2,3-6H3. The van der Waals surface area contributed by atoms with Crippen LogP contribution in [0.1, 0.15) is 59.8 Å². The SMILES string of the molecule is C=CC1=C(C=C)C(=O)N(CC(CC)(C2CC2)C(C)(CC)CC)C1=O. The second kappa shape index (κ2) is 6.70. The van der Waals surface area contributed by atoms with Crippen molar-refractivity contribution in [2.45, 2.75) is 59.8 Å². The van der Waals surface area contributed by atoms with E-state index in [1.54, 1.807) is 0 Å². The summed E-state index contributed by atoms with van der Waals surface area (Å²) in [6, 6.07) is 0. The monoisotopic (exact) mass is 329 g/mol. The summed E-state index contributed by atoms with van der Waals surface area (Å²) in [5.74, 6) is 0.184. The van der Waals surface area contributed by atoms with Gasteiger partial charge in [-0.25, -0.2) is 0 Å². The van der Waals surface area contributed by atoms with Gasteiger partial charge in [0.05, 0.1) is 11.1 Å². The minimum absolute atomic E-state index is 0.00921. The molecule has 3 heteroatoms. The Hall–Kier alpha value is -1.64. The van der Waals surface area contributed by atoms with Crippen molar-refractivity contribution in [1.82, 2.24) is 4.90 Å². The molecule has 0 aromatic carbocycles. The fourth-order valence-corrected chi connectivity index (χ4v) is 4.66. The molecule has 1 fully saturated rings. The van der Waals surface area contributed by atoms with Crippen molar-refractivity contribution in [3.05, 3.63) is 36.5 Å². The lowest BCUT2D eigenvalue weighted by molar-refractivity contribution is -0.142. The maximum atomic E-state index is 12.8. The van der Waals surface area contributed by atoms with Crippen molar-refractivity contribution in [3.8, 4) is 0 Å². The molecule has 1 aliphatic carbocycles. The molecule has 0 aromatic heterocycles. The molecule has 2 amide bonds. The number of nitrogens with zero attached hydrogens (tertiary/aromatic N) is 1. The lowest BCUT2D eigenvalue weighted by Gasteiger charge is -2.50. The average Bonchev–Trinajstić information content (AvgIpc) is 3.41. The van der Waals surface area contributed by atoms with Crippen LogP contribution < -0.4 is 0 Å². The van der Waals surface area contributed by atoms with Gasteiger partial charge in [-0.1, -0.05) is 65.8 Å². The van der Waals surface area contributed by atoms with E-state index in [0.717, 1.165) is 19.3 Å². The summed E-state index contributed by atoms with van der Waals surface area (Å²) < 4.78 is 0. The van der Waals surface area contributed by atoms with E-state index in [0.29, 0.717) is 23.6 Å². The first-order valence-corrected chi connectivity index (χ1v) is 9.21. The lowest BCUT2D eigenvalue weighted by atomic mass is 9.57. The van der Waals surface area contributed by atoms with Gasteiger partial charge in [-0.05, 0) is 36.0 Å². The summed E-state index contributed by atoms with van der Waals surface area (Å²) in [4.78, 5) is 27.0. The van der Waals surface area contributed by atoms with Gasteiger partial charge >= 0.3 is 0 Å². The zero-order chi connectivity index (χ0) is 18.1. The predicted octanol–water partition coefficient (Wildman–Crippen LogP) is 4.66. The van der Waals surface area contributed by atoms with Crippen molar-refractivity contribution in [3.63, 3.8) is 0 Å². The topological polar surface area (TPSA) is 37.4 Å². The smallest absolute Gasteiger partial charge is 0.261 e. The van der Waals surface area contributed by atoms with E-state index < -0.39 is 0 Å². The molecular formula is C21H31NO2. The molecule has 2 rings (SSSR count). The van der Waals surface area contributed by atoms with Crippen LogP contribution in [-0.2, 0) is 9.59 Å². The normalized spacial score (nSPS) is 21.2. The number of hydrogen-bond donors (Lipinski definition) is 0. The summed E-state index contributed by atoms with van der Waals surface area (Å²) in [6.07, 6.45) is 8.48.